The average molecular weight is 210 g/mol. The zero-order valence-electron chi connectivity index (χ0n) is 7.79. The Balaban J connectivity index is 2.17. The maximum absolute atomic E-state index is 11.7. The van der Waals surface area contributed by atoms with Gasteiger partial charge >= 0.3 is 0 Å². The second kappa shape index (κ2) is 3.62. The summed E-state index contributed by atoms with van der Waals surface area (Å²) in [6.07, 6.45) is 2.99. The lowest BCUT2D eigenvalue weighted by molar-refractivity contribution is 0.0977. The third-order valence-electron chi connectivity index (χ3n) is 2.49. The average Bonchev–Trinajstić information content (AvgIpc) is 2.87. The summed E-state index contributed by atoms with van der Waals surface area (Å²) >= 11 is 5.75. The summed E-state index contributed by atoms with van der Waals surface area (Å²) in [7, 11) is 0. The Kier molecular flexibility index (Phi) is 2.46. The van der Waals surface area contributed by atoms with E-state index in [9.17, 15) is 4.79 Å². The van der Waals surface area contributed by atoms with E-state index in [1.165, 1.54) is 12.8 Å². The van der Waals surface area contributed by atoms with Crippen LogP contribution in [0.25, 0.3) is 0 Å². The molecule has 74 valence electrons. The summed E-state index contributed by atoms with van der Waals surface area (Å²) < 4.78 is 0. The van der Waals surface area contributed by atoms with Gasteiger partial charge in [0.15, 0.2) is 5.78 Å². The van der Waals surface area contributed by atoms with E-state index in [1.54, 1.807) is 18.2 Å². The first kappa shape index (κ1) is 9.53. The molecule has 1 aromatic rings. The maximum atomic E-state index is 11.7. The van der Waals surface area contributed by atoms with Crippen LogP contribution >= 0.6 is 11.6 Å². The Morgan fingerprint density at radius 3 is 2.79 bits per heavy atom. The standard InChI is InChI=1S/C11H12ClNO/c12-8-3-4-9(10(13)6-8)11(14)5-7-1-2-7/h3-4,6-7H,1-2,5,13H2. The molecule has 1 aromatic carbocycles. The van der Waals surface area contributed by atoms with Crippen molar-refractivity contribution in [3.63, 3.8) is 0 Å². The molecule has 14 heavy (non-hydrogen) atoms. The summed E-state index contributed by atoms with van der Waals surface area (Å²) in [4.78, 5) is 11.7. The van der Waals surface area contributed by atoms with E-state index in [4.69, 9.17) is 17.3 Å². The van der Waals surface area contributed by atoms with Gasteiger partial charge in [0, 0.05) is 22.7 Å². The number of ketones is 1. The zero-order valence-corrected chi connectivity index (χ0v) is 8.55. The van der Waals surface area contributed by atoms with E-state index in [1.807, 2.05) is 0 Å². The first-order chi connectivity index (χ1) is 6.66. The Morgan fingerprint density at radius 2 is 2.21 bits per heavy atom. The van der Waals surface area contributed by atoms with Gasteiger partial charge in [-0.25, -0.2) is 0 Å². The van der Waals surface area contributed by atoms with Crippen LogP contribution < -0.4 is 5.73 Å². The summed E-state index contributed by atoms with van der Waals surface area (Å²) in [5.41, 5.74) is 6.81. The lowest BCUT2D eigenvalue weighted by atomic mass is 10.0. The SMILES string of the molecule is Nc1cc(Cl)ccc1C(=O)CC1CC1. The molecule has 0 radical (unpaired) electrons. The molecule has 0 saturated heterocycles. The van der Waals surface area contributed by atoms with Crippen molar-refractivity contribution in [1.29, 1.82) is 0 Å². The van der Waals surface area contributed by atoms with E-state index in [2.05, 4.69) is 0 Å². The predicted octanol–water partition coefficient (Wildman–Crippen LogP) is 2.91. The lowest BCUT2D eigenvalue weighted by Crippen LogP contribution is -2.04. The van der Waals surface area contributed by atoms with Crippen LogP contribution in [0.3, 0.4) is 0 Å². The molecule has 1 saturated carbocycles. The number of hydrogen-bond acceptors (Lipinski definition) is 2. The molecule has 1 aliphatic rings. The summed E-state index contributed by atoms with van der Waals surface area (Å²) in [6.45, 7) is 0. The number of Topliss-reactive ketones (excluding diaryl/α,β-unsaturated/α-hetero) is 1. The molecule has 0 amide bonds. The van der Waals surface area contributed by atoms with Crippen LogP contribution in [0.15, 0.2) is 18.2 Å². The topological polar surface area (TPSA) is 43.1 Å². The molecular weight excluding hydrogens is 198 g/mol. The van der Waals surface area contributed by atoms with E-state index in [0.29, 0.717) is 28.6 Å². The number of nitrogens with two attached hydrogens (primary N) is 1. The Labute approximate surface area is 88.1 Å². The molecule has 0 heterocycles. The Bertz CT molecular complexity index is 372. The van der Waals surface area contributed by atoms with Crippen molar-refractivity contribution in [2.45, 2.75) is 19.3 Å². The molecule has 0 aliphatic heterocycles. The molecule has 0 spiro atoms. The van der Waals surface area contributed by atoms with Gasteiger partial charge in [0.25, 0.3) is 0 Å². The maximum Gasteiger partial charge on any atom is 0.165 e. The van der Waals surface area contributed by atoms with Gasteiger partial charge in [-0.15, -0.1) is 0 Å². The summed E-state index contributed by atoms with van der Waals surface area (Å²) in [5.74, 6) is 0.735. The fourth-order valence-electron chi connectivity index (χ4n) is 1.48. The third kappa shape index (κ3) is 2.07. The fourth-order valence-corrected chi connectivity index (χ4v) is 1.66. The quantitative estimate of drug-likeness (QED) is 0.615. The predicted molar refractivity (Wildman–Crippen MR) is 57.5 cm³/mol. The monoisotopic (exact) mass is 209 g/mol. The number of carbonyl (C=O) groups is 1. The van der Waals surface area contributed by atoms with Gasteiger partial charge in [0.1, 0.15) is 0 Å². The number of hydrogen-bond donors (Lipinski definition) is 1. The molecular formula is C11H12ClNO. The van der Waals surface area contributed by atoms with Crippen molar-refractivity contribution < 1.29 is 4.79 Å². The van der Waals surface area contributed by atoms with Crippen LogP contribution in [0, 0.1) is 5.92 Å². The van der Waals surface area contributed by atoms with Gasteiger partial charge in [0.2, 0.25) is 0 Å². The van der Waals surface area contributed by atoms with Crippen molar-refractivity contribution in [2.24, 2.45) is 5.92 Å². The van der Waals surface area contributed by atoms with Gasteiger partial charge in [-0.1, -0.05) is 11.6 Å². The van der Waals surface area contributed by atoms with Crippen molar-refractivity contribution >= 4 is 23.1 Å². The van der Waals surface area contributed by atoms with Crippen LogP contribution in [0.4, 0.5) is 5.69 Å². The van der Waals surface area contributed by atoms with Gasteiger partial charge in [0.05, 0.1) is 0 Å². The number of rotatable bonds is 3. The zero-order chi connectivity index (χ0) is 10.1. The third-order valence-corrected chi connectivity index (χ3v) is 2.72. The second-order valence-corrected chi connectivity index (χ2v) is 4.24. The molecule has 0 aromatic heterocycles. The van der Waals surface area contributed by atoms with Crippen LogP contribution in [0.1, 0.15) is 29.6 Å². The minimum absolute atomic E-state index is 0.140. The molecule has 0 unspecified atom stereocenters. The molecule has 1 fully saturated rings. The molecule has 2 N–H and O–H groups in total. The number of nitrogen functional groups attached to an aromatic ring is 1. The van der Waals surface area contributed by atoms with Gasteiger partial charge in [-0.3, -0.25) is 4.79 Å². The summed E-state index contributed by atoms with van der Waals surface area (Å²) in [6, 6.07) is 5.04. The largest absolute Gasteiger partial charge is 0.398 e. The molecule has 0 atom stereocenters. The number of anilines is 1. The Morgan fingerprint density at radius 1 is 1.50 bits per heavy atom. The molecule has 3 heteroatoms. The van der Waals surface area contributed by atoms with E-state index in [-0.39, 0.29) is 5.78 Å². The first-order valence-electron chi connectivity index (χ1n) is 4.75. The van der Waals surface area contributed by atoms with Crippen molar-refractivity contribution in [3.05, 3.63) is 28.8 Å². The van der Waals surface area contributed by atoms with Gasteiger partial charge < -0.3 is 5.73 Å². The van der Waals surface area contributed by atoms with E-state index in [0.717, 1.165) is 0 Å². The lowest BCUT2D eigenvalue weighted by Gasteiger charge is -2.04. The second-order valence-electron chi connectivity index (χ2n) is 3.80. The van der Waals surface area contributed by atoms with Crippen molar-refractivity contribution in [2.75, 3.05) is 5.73 Å². The fraction of sp³-hybridized carbons (Fsp3) is 0.364. The van der Waals surface area contributed by atoms with Gasteiger partial charge in [-0.2, -0.15) is 0 Å². The number of carbonyl (C=O) groups excluding carboxylic acids is 1. The molecule has 0 bridgehead atoms. The highest BCUT2D eigenvalue weighted by atomic mass is 35.5. The minimum Gasteiger partial charge on any atom is -0.398 e. The molecule has 2 nitrogen and oxygen atoms in total. The highest BCUT2D eigenvalue weighted by molar-refractivity contribution is 6.31. The number of halogens is 1. The minimum atomic E-state index is 0.140. The van der Waals surface area contributed by atoms with Crippen LogP contribution in [0.5, 0.6) is 0 Å². The highest BCUT2D eigenvalue weighted by Gasteiger charge is 2.25. The van der Waals surface area contributed by atoms with Crippen molar-refractivity contribution in [1.82, 2.24) is 0 Å². The smallest absolute Gasteiger partial charge is 0.165 e. The van der Waals surface area contributed by atoms with Crippen LogP contribution in [0.2, 0.25) is 5.02 Å². The van der Waals surface area contributed by atoms with E-state index >= 15 is 0 Å². The Hall–Kier alpha value is -1.02. The highest BCUT2D eigenvalue weighted by Crippen LogP contribution is 2.34. The first-order valence-corrected chi connectivity index (χ1v) is 5.13. The normalized spacial score (nSPS) is 15.5. The summed E-state index contributed by atoms with van der Waals surface area (Å²) in [5, 5.41) is 0.575. The molecule has 1 aliphatic carbocycles. The van der Waals surface area contributed by atoms with E-state index < -0.39 is 0 Å². The van der Waals surface area contributed by atoms with Gasteiger partial charge in [-0.05, 0) is 37.0 Å². The molecule has 2 rings (SSSR count). The van der Waals surface area contributed by atoms with Crippen LogP contribution in [-0.4, -0.2) is 5.78 Å². The number of benzene rings is 1. The van der Waals surface area contributed by atoms with Crippen LogP contribution in [-0.2, 0) is 0 Å². The van der Waals surface area contributed by atoms with Crippen molar-refractivity contribution in [3.8, 4) is 0 Å².